The van der Waals surface area contributed by atoms with Crippen LogP contribution in [0.3, 0.4) is 0 Å². The van der Waals surface area contributed by atoms with Gasteiger partial charge in [-0.3, -0.25) is 0 Å². The molecule has 0 saturated carbocycles. The summed E-state index contributed by atoms with van der Waals surface area (Å²) in [6.07, 6.45) is 8.56. The van der Waals surface area contributed by atoms with Crippen LogP contribution < -0.4 is 5.32 Å². The van der Waals surface area contributed by atoms with Gasteiger partial charge in [0.25, 0.3) is 0 Å². The van der Waals surface area contributed by atoms with Gasteiger partial charge in [-0.05, 0) is 38.0 Å². The van der Waals surface area contributed by atoms with E-state index >= 15 is 0 Å². The molecular weight excluding hydrogens is 214 g/mol. The highest BCUT2D eigenvalue weighted by molar-refractivity contribution is 9.09. The topological polar surface area (TPSA) is 12.0 Å². The van der Waals surface area contributed by atoms with Gasteiger partial charge in [-0.2, -0.15) is 0 Å². The van der Waals surface area contributed by atoms with E-state index in [0.29, 0.717) is 0 Å². The fourth-order valence-corrected chi connectivity index (χ4v) is 3.42. The lowest BCUT2D eigenvalue weighted by molar-refractivity contribution is 0.183. The first-order valence-electron chi connectivity index (χ1n) is 5.20. The zero-order valence-corrected chi connectivity index (χ0v) is 9.15. The summed E-state index contributed by atoms with van der Waals surface area (Å²) in [5.74, 6) is 1.00. The molecular formula is C10H18BrN. The van der Waals surface area contributed by atoms with Crippen molar-refractivity contribution >= 4 is 15.9 Å². The zero-order chi connectivity index (χ0) is 8.39. The molecule has 0 aromatic rings. The molecule has 0 amide bonds. The molecule has 2 unspecified atom stereocenters. The highest BCUT2D eigenvalue weighted by atomic mass is 79.9. The molecule has 12 heavy (non-hydrogen) atoms. The fourth-order valence-electron chi connectivity index (χ4n) is 2.77. The van der Waals surface area contributed by atoms with Crippen molar-refractivity contribution < 1.29 is 0 Å². The van der Waals surface area contributed by atoms with E-state index in [1.54, 1.807) is 0 Å². The number of fused-ring (bicyclic) bond motifs is 2. The van der Waals surface area contributed by atoms with E-state index in [1.165, 1.54) is 43.9 Å². The minimum Gasteiger partial charge on any atom is -0.311 e. The number of halogens is 1. The monoisotopic (exact) mass is 231 g/mol. The quantitative estimate of drug-likeness (QED) is 0.722. The molecule has 2 saturated heterocycles. The van der Waals surface area contributed by atoms with E-state index < -0.39 is 0 Å². The van der Waals surface area contributed by atoms with Crippen LogP contribution in [-0.2, 0) is 0 Å². The number of rotatable bonds is 2. The second-order valence-electron chi connectivity index (χ2n) is 4.31. The van der Waals surface area contributed by atoms with Crippen molar-refractivity contribution in [1.29, 1.82) is 0 Å². The average Bonchev–Trinajstić information content (AvgIpc) is 2.04. The van der Waals surface area contributed by atoms with Gasteiger partial charge in [0.2, 0.25) is 0 Å². The molecule has 2 rings (SSSR count). The van der Waals surface area contributed by atoms with Gasteiger partial charge in [-0.25, -0.2) is 0 Å². The smallest absolute Gasteiger partial charge is 0.00723 e. The minimum absolute atomic E-state index is 0.863. The van der Waals surface area contributed by atoms with Gasteiger partial charge < -0.3 is 5.32 Å². The Morgan fingerprint density at radius 1 is 1.17 bits per heavy atom. The van der Waals surface area contributed by atoms with Crippen LogP contribution >= 0.6 is 15.9 Å². The third kappa shape index (κ3) is 2.02. The van der Waals surface area contributed by atoms with Crippen LogP contribution in [0, 0.1) is 5.92 Å². The van der Waals surface area contributed by atoms with E-state index in [2.05, 4.69) is 21.2 Å². The predicted octanol–water partition coefficient (Wildman–Crippen LogP) is 2.69. The van der Waals surface area contributed by atoms with Crippen LogP contribution in [-0.4, -0.2) is 17.4 Å². The largest absolute Gasteiger partial charge is 0.311 e. The number of nitrogens with one attached hydrogen (secondary N) is 1. The molecule has 0 aromatic carbocycles. The number of hydrogen-bond donors (Lipinski definition) is 1. The Morgan fingerprint density at radius 3 is 2.42 bits per heavy atom. The minimum atomic E-state index is 0.863. The fraction of sp³-hybridized carbons (Fsp3) is 1.00. The molecule has 2 bridgehead atoms. The number of alkyl halides is 1. The molecule has 2 heteroatoms. The van der Waals surface area contributed by atoms with Gasteiger partial charge >= 0.3 is 0 Å². The Morgan fingerprint density at radius 2 is 1.83 bits per heavy atom. The van der Waals surface area contributed by atoms with E-state index in [-0.39, 0.29) is 0 Å². The predicted molar refractivity (Wildman–Crippen MR) is 55.7 cm³/mol. The number of piperidine rings is 2. The Kier molecular flexibility index (Phi) is 3.08. The summed E-state index contributed by atoms with van der Waals surface area (Å²) in [7, 11) is 0. The molecule has 2 fully saturated rings. The standard InChI is InChI=1S/C10H18BrN/c11-5-4-8-6-9-2-1-3-10(7-8)12-9/h8-10,12H,1-7H2. The van der Waals surface area contributed by atoms with Crippen molar-refractivity contribution in [2.45, 2.75) is 50.6 Å². The van der Waals surface area contributed by atoms with Crippen LogP contribution in [0.15, 0.2) is 0 Å². The first kappa shape index (κ1) is 9.01. The van der Waals surface area contributed by atoms with E-state index in [9.17, 15) is 0 Å². The molecule has 2 heterocycles. The lowest BCUT2D eigenvalue weighted by Crippen LogP contribution is -2.48. The highest BCUT2D eigenvalue weighted by Crippen LogP contribution is 2.31. The van der Waals surface area contributed by atoms with Gasteiger partial charge in [-0.1, -0.05) is 22.4 Å². The van der Waals surface area contributed by atoms with Crippen LogP contribution in [0.25, 0.3) is 0 Å². The van der Waals surface area contributed by atoms with E-state index in [0.717, 1.165) is 18.0 Å². The summed E-state index contributed by atoms with van der Waals surface area (Å²) in [6, 6.07) is 1.73. The first-order chi connectivity index (χ1) is 5.88. The van der Waals surface area contributed by atoms with Crippen molar-refractivity contribution in [1.82, 2.24) is 5.32 Å². The Labute approximate surface area is 83.4 Å². The maximum absolute atomic E-state index is 3.73. The first-order valence-corrected chi connectivity index (χ1v) is 6.32. The second-order valence-corrected chi connectivity index (χ2v) is 5.10. The van der Waals surface area contributed by atoms with Crippen molar-refractivity contribution in [3.05, 3.63) is 0 Å². The van der Waals surface area contributed by atoms with Crippen LogP contribution in [0.2, 0.25) is 0 Å². The van der Waals surface area contributed by atoms with Gasteiger partial charge in [0.05, 0.1) is 0 Å². The normalized spacial score (nSPS) is 41.2. The molecule has 1 N–H and O–H groups in total. The van der Waals surface area contributed by atoms with Crippen LogP contribution in [0.5, 0.6) is 0 Å². The summed E-state index contributed by atoms with van der Waals surface area (Å²) in [5.41, 5.74) is 0. The van der Waals surface area contributed by atoms with Gasteiger partial charge in [-0.15, -0.1) is 0 Å². The van der Waals surface area contributed by atoms with Crippen LogP contribution in [0.1, 0.15) is 38.5 Å². The van der Waals surface area contributed by atoms with Crippen molar-refractivity contribution in [2.75, 3.05) is 5.33 Å². The third-order valence-electron chi connectivity index (χ3n) is 3.33. The van der Waals surface area contributed by atoms with Crippen molar-refractivity contribution in [3.8, 4) is 0 Å². The highest BCUT2D eigenvalue weighted by Gasteiger charge is 2.30. The number of hydrogen-bond acceptors (Lipinski definition) is 1. The summed E-state index contributed by atoms with van der Waals surface area (Å²) in [6.45, 7) is 0. The summed E-state index contributed by atoms with van der Waals surface area (Å²) in [4.78, 5) is 0. The summed E-state index contributed by atoms with van der Waals surface area (Å²) < 4.78 is 0. The van der Waals surface area contributed by atoms with Crippen molar-refractivity contribution in [2.24, 2.45) is 5.92 Å². The Balaban J connectivity index is 1.87. The third-order valence-corrected chi connectivity index (χ3v) is 3.79. The summed E-state index contributed by atoms with van der Waals surface area (Å²) in [5, 5.41) is 4.92. The molecule has 2 atom stereocenters. The average molecular weight is 232 g/mol. The maximum atomic E-state index is 3.73. The zero-order valence-electron chi connectivity index (χ0n) is 7.56. The molecule has 70 valence electrons. The lowest BCUT2D eigenvalue weighted by atomic mass is 9.79. The van der Waals surface area contributed by atoms with Gasteiger partial charge in [0, 0.05) is 17.4 Å². The summed E-state index contributed by atoms with van der Waals surface area (Å²) >= 11 is 3.54. The molecule has 2 aliphatic rings. The van der Waals surface area contributed by atoms with E-state index in [1.807, 2.05) is 0 Å². The molecule has 2 aliphatic heterocycles. The molecule has 0 spiro atoms. The Bertz CT molecular complexity index is 137. The van der Waals surface area contributed by atoms with Crippen LogP contribution in [0.4, 0.5) is 0 Å². The Hall–Kier alpha value is 0.440. The van der Waals surface area contributed by atoms with Gasteiger partial charge in [0.1, 0.15) is 0 Å². The molecule has 0 radical (unpaired) electrons. The molecule has 0 aromatic heterocycles. The van der Waals surface area contributed by atoms with E-state index in [4.69, 9.17) is 0 Å². The molecule has 0 aliphatic carbocycles. The SMILES string of the molecule is BrCCC1CC2CCCC(C1)N2. The second kappa shape index (κ2) is 4.10. The van der Waals surface area contributed by atoms with Gasteiger partial charge in [0.15, 0.2) is 0 Å². The molecule has 1 nitrogen and oxygen atoms in total. The van der Waals surface area contributed by atoms with Crippen molar-refractivity contribution in [3.63, 3.8) is 0 Å². The maximum Gasteiger partial charge on any atom is 0.00723 e. The lowest BCUT2D eigenvalue weighted by Gasteiger charge is -2.40.